The first-order valence-corrected chi connectivity index (χ1v) is 53.1. The van der Waals surface area contributed by atoms with Crippen LogP contribution in [0.4, 0.5) is 0 Å². The molecule has 3 aliphatic heterocycles. The van der Waals surface area contributed by atoms with Crippen LogP contribution in [-0.2, 0) is 124 Å². The Morgan fingerprint density at radius 3 is 1.19 bits per heavy atom. The Balaban J connectivity index is 0.000000449. The van der Waals surface area contributed by atoms with E-state index >= 15 is 0 Å². The van der Waals surface area contributed by atoms with E-state index in [9.17, 15) is 14.7 Å². The van der Waals surface area contributed by atoms with Gasteiger partial charge >= 0.3 is 27.0 Å². The van der Waals surface area contributed by atoms with Gasteiger partial charge in [0.2, 0.25) is 8.38 Å². The summed E-state index contributed by atoms with van der Waals surface area (Å²) in [5.74, 6) is 4.35. The topological polar surface area (TPSA) is 156 Å². The fourth-order valence-corrected chi connectivity index (χ4v) is 18.9. The molecule has 14 nitrogen and oxygen atoms in total. The lowest BCUT2D eigenvalue weighted by atomic mass is 9.75. The van der Waals surface area contributed by atoms with Gasteiger partial charge in [-0.15, -0.1) is 13.2 Å². The number of carbonyl (C=O) groups is 2. The third-order valence-electron chi connectivity index (χ3n) is 24.9. The van der Waals surface area contributed by atoms with E-state index in [1.807, 2.05) is 51.1 Å². The summed E-state index contributed by atoms with van der Waals surface area (Å²) in [6.07, 6.45) is 5.25. The van der Waals surface area contributed by atoms with Crippen LogP contribution in [-0.4, -0.2) is 83.5 Å². The highest BCUT2D eigenvalue weighted by molar-refractivity contribution is 7.56. The molecule has 0 bridgehead atoms. The Morgan fingerprint density at radius 2 is 0.814 bits per heavy atom. The average Bonchev–Trinajstić information content (AvgIpc) is 1.59. The van der Waals surface area contributed by atoms with Gasteiger partial charge in [-0.05, 0) is 226 Å². The van der Waals surface area contributed by atoms with Crippen molar-refractivity contribution >= 4 is 34.2 Å². The Hall–Kier alpha value is -7.22. The van der Waals surface area contributed by atoms with Crippen LogP contribution in [0.5, 0.6) is 23.0 Å². The molecule has 786 valence electrons. The van der Waals surface area contributed by atoms with Gasteiger partial charge in [0.15, 0.2) is 0 Å². The summed E-state index contributed by atoms with van der Waals surface area (Å²) in [4.78, 5) is 23.1. The number of phenolic OH excluding ortho intramolecular Hbond substituents is 1. The van der Waals surface area contributed by atoms with Crippen LogP contribution in [0.1, 0.15) is 423 Å². The van der Waals surface area contributed by atoms with Crippen molar-refractivity contribution in [1.29, 1.82) is 0 Å². The van der Waals surface area contributed by atoms with Gasteiger partial charge in [0.25, 0.3) is 0 Å². The molecule has 7 aromatic carbocycles. The van der Waals surface area contributed by atoms with Crippen molar-refractivity contribution in [2.24, 2.45) is 17.3 Å². The molecule has 1 unspecified atom stereocenters. The number of aryl methyl sites for hydroxylation is 3. The number of esters is 2. The molecule has 2 fully saturated rings. The Kier molecular flexibility index (Phi) is 46.9. The molecule has 0 amide bonds. The quantitative estimate of drug-likeness (QED) is 0.0375. The van der Waals surface area contributed by atoms with E-state index in [2.05, 4.69) is 402 Å². The second-order valence-corrected chi connectivity index (χ2v) is 53.8. The first kappa shape index (κ1) is 127. The predicted octanol–water partition coefficient (Wildman–Crippen LogP) is 33.7. The number of hydrogen-bond acceptors (Lipinski definition) is 14. The second kappa shape index (κ2) is 51.7. The average molecular weight is 1970 g/mol. The van der Waals surface area contributed by atoms with Gasteiger partial charge in [0, 0.05) is 39.9 Å². The van der Waals surface area contributed by atoms with Gasteiger partial charge in [0.1, 0.15) is 23.0 Å². The minimum atomic E-state index is -1.50. The second-order valence-electron chi connectivity index (χ2n) is 51.2. The highest BCUT2D eigenvalue weighted by Crippen LogP contribution is 2.56. The molecule has 1 N–H and O–H groups in total. The molecule has 0 aromatic heterocycles. The molecule has 1 spiro atoms. The normalized spacial score (nSPS) is 16.5. The SMILES string of the molecule is C.C=CC(C)C.C=CC(C)C.CC(C)(C)c1ccc(OP2OCC3(CO2)COP(c2ccc(C(C)(C)C)cc2C(C)(C)C)OC3)c(C(C)(C)C)c1.CCOC(=O)CCc1cc(C(C)(C)C)c(C)c(C(C)(C)C)c1.CCOC(OCC)Oc1ccc(C(C)(C)C)cc1C(C)(C)C.COC(=O)Cc1cc(C(C)(C)C)c(O)c(C(C)(C)C)c1.Cc1ccc(C2COc3c2cc(C(C)(C)C)cc3C(C)(C)C)cc1C. The zero-order valence-corrected chi connectivity index (χ0v) is 98.0. The van der Waals surface area contributed by atoms with Crippen molar-refractivity contribution in [3.05, 3.63) is 240 Å². The van der Waals surface area contributed by atoms with Crippen molar-refractivity contribution in [3.63, 3.8) is 0 Å². The molecular formula is C124H196O14P2. The van der Waals surface area contributed by atoms with Crippen LogP contribution >= 0.6 is 17.0 Å². The number of carbonyl (C=O) groups excluding carboxylic acids is 2. The van der Waals surface area contributed by atoms with Crippen molar-refractivity contribution in [2.45, 2.75) is 423 Å². The highest BCUT2D eigenvalue weighted by Gasteiger charge is 2.46. The van der Waals surface area contributed by atoms with E-state index in [0.29, 0.717) is 76.2 Å². The monoisotopic (exact) mass is 1970 g/mol. The number of allylic oxidation sites excluding steroid dienone is 2. The van der Waals surface area contributed by atoms with E-state index in [-0.39, 0.29) is 96.2 Å². The largest absolute Gasteiger partial charge is 0.507 e. The first-order chi connectivity index (χ1) is 63.3. The van der Waals surface area contributed by atoms with E-state index in [1.165, 1.54) is 95.9 Å². The summed E-state index contributed by atoms with van der Waals surface area (Å²) >= 11 is 0. The molecule has 3 aliphatic rings. The first-order valence-electron chi connectivity index (χ1n) is 50.9. The molecular weight excluding hydrogens is 1780 g/mol. The van der Waals surface area contributed by atoms with Gasteiger partial charge in [-0.1, -0.05) is 388 Å². The molecule has 2 saturated heterocycles. The summed E-state index contributed by atoms with van der Waals surface area (Å²) < 4.78 is 64.6. The number of hydrogen-bond donors (Lipinski definition) is 1. The van der Waals surface area contributed by atoms with Crippen molar-refractivity contribution in [2.75, 3.05) is 60.0 Å². The van der Waals surface area contributed by atoms with Crippen molar-refractivity contribution in [1.82, 2.24) is 0 Å². The zero-order chi connectivity index (χ0) is 107. The maximum Gasteiger partial charge on any atom is 0.397 e. The highest BCUT2D eigenvalue weighted by atomic mass is 31.2. The molecule has 3 heterocycles. The van der Waals surface area contributed by atoms with Crippen molar-refractivity contribution < 1.29 is 65.7 Å². The van der Waals surface area contributed by atoms with Gasteiger partial charge in [-0.2, -0.15) is 0 Å². The lowest BCUT2D eigenvalue weighted by Crippen LogP contribution is -2.45. The van der Waals surface area contributed by atoms with Gasteiger partial charge < -0.3 is 56.1 Å². The van der Waals surface area contributed by atoms with Crippen LogP contribution in [0.15, 0.2) is 135 Å². The van der Waals surface area contributed by atoms with Crippen molar-refractivity contribution in [3.8, 4) is 23.0 Å². The third kappa shape index (κ3) is 39.0. The Bertz CT molecular complexity index is 5000. The molecule has 0 saturated carbocycles. The molecule has 16 heteroatoms. The molecule has 7 aromatic rings. The number of phenols is 1. The summed E-state index contributed by atoms with van der Waals surface area (Å²) in [5.41, 5.74) is 23.6. The Morgan fingerprint density at radius 1 is 0.436 bits per heavy atom. The molecule has 0 aliphatic carbocycles. The standard InChI is InChI=1S/C33H50O5P2.C24H32O.C20H32O2.C19H32O3.C17H26O3.2C5H10.CH4/c1-29(2,3)23-13-15-27(25(17-23)31(7,8)9)38-40-36-21-33(22-37-40)19-34-39(35-20-33)28-16-14-24(30(4,5)6)18-26(28)32(10,11)12;1-15-9-10-17(11-16(15)2)20-14-25-22-19(20)12-18(23(3,4)5)13-21(22)24(6,7)8;1-9-22-18(21)11-10-15-12-16(19(3,4)5)14(2)17(13-15)20(6,7)8;1-9-20-17(21-10-2)22-16-12-11-14(18(3,4)5)13-15(16)19(6,7)8;1-16(2,3)12-8-11(10-14(18)20-7)9-13(15(12)19)17(4,5)6;2*1-4-5(2)3;/h13-18H,19-22H2,1-12H3;9-13,20H,14H2,1-8H3;12-13H,9-11H2,1-8H3;11-13,17H,9-10H2,1-8H3;8-9,19H,10H2,1-7H3;2*4-5H,1H2,2-3H3;1H4. The number of aromatic hydroxyl groups is 1. The van der Waals surface area contributed by atoms with Crippen LogP contribution in [0.2, 0.25) is 0 Å². The summed E-state index contributed by atoms with van der Waals surface area (Å²) in [7, 11) is -1.28. The third-order valence-corrected chi connectivity index (χ3v) is 27.4. The summed E-state index contributed by atoms with van der Waals surface area (Å²) in [5, 5.41) is 11.7. The maximum absolute atomic E-state index is 11.6. The van der Waals surface area contributed by atoms with Gasteiger partial charge in [-0.25, -0.2) is 0 Å². The molecule has 1 atom stereocenters. The van der Waals surface area contributed by atoms with E-state index in [0.717, 1.165) is 52.5 Å². The number of methoxy groups -OCH3 is 1. The molecule has 0 radical (unpaired) electrons. The van der Waals surface area contributed by atoms with Gasteiger partial charge in [0.05, 0.1) is 71.8 Å². The number of rotatable bonds is 18. The minimum absolute atomic E-state index is 0. The smallest absolute Gasteiger partial charge is 0.397 e. The van der Waals surface area contributed by atoms with Crippen LogP contribution in [0, 0.1) is 38.0 Å². The lowest BCUT2D eigenvalue weighted by molar-refractivity contribution is -0.242. The summed E-state index contributed by atoms with van der Waals surface area (Å²) in [6.45, 7) is 111. The summed E-state index contributed by atoms with van der Waals surface area (Å²) in [6, 6.07) is 39.6. The fraction of sp³-hybridized carbons (Fsp3) is 0.613. The van der Waals surface area contributed by atoms with Crippen LogP contribution in [0.3, 0.4) is 0 Å². The zero-order valence-electron chi connectivity index (χ0n) is 96.2. The number of ether oxygens (including phenoxy) is 6. The number of fused-ring (bicyclic) bond motifs is 1. The minimum Gasteiger partial charge on any atom is -0.507 e. The number of benzene rings is 7. The Labute approximate surface area is 857 Å². The van der Waals surface area contributed by atoms with Crippen LogP contribution in [0.25, 0.3) is 0 Å². The van der Waals surface area contributed by atoms with Crippen LogP contribution < -0.4 is 19.3 Å². The van der Waals surface area contributed by atoms with Gasteiger partial charge in [-0.3, -0.25) is 9.59 Å². The molecule has 10 rings (SSSR count). The maximum atomic E-state index is 11.6. The molecule has 140 heavy (non-hydrogen) atoms. The van der Waals surface area contributed by atoms with E-state index < -0.39 is 23.5 Å². The van der Waals surface area contributed by atoms with E-state index in [1.54, 1.807) is 0 Å². The lowest BCUT2D eigenvalue weighted by Gasteiger charge is -2.43. The van der Waals surface area contributed by atoms with E-state index in [4.69, 9.17) is 51.0 Å². The fourth-order valence-electron chi connectivity index (χ4n) is 15.7. The predicted molar refractivity (Wildman–Crippen MR) is 598 cm³/mol.